The van der Waals surface area contributed by atoms with Crippen LogP contribution >= 0.6 is 0 Å². The maximum absolute atomic E-state index is 11.0. The van der Waals surface area contributed by atoms with Gasteiger partial charge in [0, 0.05) is 6.54 Å². The zero-order valence-electron chi connectivity index (χ0n) is 17.2. The van der Waals surface area contributed by atoms with E-state index in [0.717, 1.165) is 0 Å². The minimum absolute atomic E-state index is 0.0702. The van der Waals surface area contributed by atoms with Gasteiger partial charge in [0.15, 0.2) is 0 Å². The van der Waals surface area contributed by atoms with Crippen molar-refractivity contribution in [1.82, 2.24) is 5.32 Å². The molecule has 0 aliphatic rings. The molecule has 0 fully saturated rings. The molecular formula is C17H33NO8. The summed E-state index contributed by atoms with van der Waals surface area (Å²) < 4.78 is 18.7. The van der Waals surface area contributed by atoms with E-state index >= 15 is 0 Å². The number of aliphatic hydroxyl groups is 1. The summed E-state index contributed by atoms with van der Waals surface area (Å²) in [5.74, 6) is 0. The Morgan fingerprint density at radius 2 is 1.08 bits per heavy atom. The van der Waals surface area contributed by atoms with Gasteiger partial charge in [-0.1, -0.05) is 0 Å². The minimum Gasteiger partial charge on any atom is -0.444 e. The molecule has 1 amide bonds. The molecule has 0 saturated carbocycles. The normalized spacial score (nSPS) is 11.5. The second-order valence-electron chi connectivity index (χ2n) is 8.18. The summed E-state index contributed by atoms with van der Waals surface area (Å²) in [5.41, 5.74) is -1.86. The fourth-order valence-electron chi connectivity index (χ4n) is 1.08. The van der Waals surface area contributed by atoms with Crippen molar-refractivity contribution >= 4 is 18.4 Å². The Morgan fingerprint density at radius 1 is 0.731 bits per heavy atom. The van der Waals surface area contributed by atoms with Crippen molar-refractivity contribution in [3.8, 4) is 0 Å². The van der Waals surface area contributed by atoms with Crippen LogP contribution in [0.5, 0.6) is 0 Å². The summed E-state index contributed by atoms with van der Waals surface area (Å²) in [6.07, 6.45) is -2.61. The molecule has 0 unspecified atom stereocenters. The molecule has 26 heavy (non-hydrogen) atoms. The molecule has 9 heteroatoms. The van der Waals surface area contributed by atoms with E-state index in [9.17, 15) is 14.4 Å². The quantitative estimate of drug-likeness (QED) is 0.425. The van der Waals surface area contributed by atoms with Crippen LogP contribution in [0.1, 0.15) is 62.3 Å². The molecule has 0 aromatic rings. The Hall–Kier alpha value is -2.03. The van der Waals surface area contributed by atoms with Gasteiger partial charge in [0.05, 0.1) is 6.61 Å². The van der Waals surface area contributed by atoms with Crippen LogP contribution < -0.4 is 5.32 Å². The molecule has 0 heterocycles. The van der Waals surface area contributed by atoms with Gasteiger partial charge >= 0.3 is 18.4 Å². The molecule has 9 nitrogen and oxygen atoms in total. The number of ether oxygens (including phenoxy) is 4. The Bertz CT molecular complexity index is 429. The van der Waals surface area contributed by atoms with Crippen LogP contribution in [-0.2, 0) is 18.9 Å². The molecular weight excluding hydrogens is 346 g/mol. The van der Waals surface area contributed by atoms with E-state index in [1.807, 2.05) is 0 Å². The van der Waals surface area contributed by atoms with Gasteiger partial charge in [-0.05, 0) is 62.3 Å². The number of alkyl carbamates (subject to hydrolysis) is 1. The summed E-state index contributed by atoms with van der Waals surface area (Å²) >= 11 is 0. The van der Waals surface area contributed by atoms with E-state index in [1.54, 1.807) is 62.3 Å². The van der Waals surface area contributed by atoms with E-state index < -0.39 is 35.2 Å². The van der Waals surface area contributed by atoms with Crippen LogP contribution in [0.15, 0.2) is 0 Å². The van der Waals surface area contributed by atoms with Crippen molar-refractivity contribution < 1.29 is 38.4 Å². The first-order valence-electron chi connectivity index (χ1n) is 8.17. The van der Waals surface area contributed by atoms with Crippen molar-refractivity contribution in [2.24, 2.45) is 0 Å². The highest BCUT2D eigenvalue weighted by Crippen LogP contribution is 2.11. The van der Waals surface area contributed by atoms with Crippen molar-refractivity contribution in [1.29, 1.82) is 0 Å². The van der Waals surface area contributed by atoms with Crippen LogP contribution in [0.25, 0.3) is 0 Å². The van der Waals surface area contributed by atoms with Crippen molar-refractivity contribution in [2.45, 2.75) is 79.1 Å². The molecule has 154 valence electrons. The maximum Gasteiger partial charge on any atom is 0.519 e. The zero-order chi connectivity index (χ0) is 21.2. The molecule has 0 aromatic carbocycles. The third-order valence-electron chi connectivity index (χ3n) is 1.73. The number of aliphatic hydroxyl groups excluding tert-OH is 1. The van der Waals surface area contributed by atoms with E-state index in [-0.39, 0.29) is 13.2 Å². The average Bonchev–Trinajstić information content (AvgIpc) is 2.29. The Morgan fingerprint density at radius 3 is 1.35 bits per heavy atom. The molecule has 0 spiro atoms. The average molecular weight is 379 g/mol. The summed E-state index contributed by atoms with van der Waals surface area (Å²) in [6, 6.07) is 0. The van der Waals surface area contributed by atoms with Gasteiger partial charge in [-0.2, -0.15) is 0 Å². The number of nitrogens with one attached hydrogen (secondary N) is 1. The largest absolute Gasteiger partial charge is 0.519 e. The Kier molecular flexibility index (Phi) is 10.9. The van der Waals surface area contributed by atoms with E-state index in [4.69, 9.17) is 19.3 Å². The highest BCUT2D eigenvalue weighted by Gasteiger charge is 2.24. The molecule has 0 rings (SSSR count). The molecule has 0 bridgehead atoms. The minimum atomic E-state index is -1.06. The summed E-state index contributed by atoms with van der Waals surface area (Å²) in [5, 5.41) is 10.7. The van der Waals surface area contributed by atoms with Gasteiger partial charge in [-0.25, -0.2) is 14.4 Å². The van der Waals surface area contributed by atoms with Crippen LogP contribution in [0.3, 0.4) is 0 Å². The van der Waals surface area contributed by atoms with Gasteiger partial charge < -0.3 is 29.4 Å². The van der Waals surface area contributed by atoms with Gasteiger partial charge in [-0.15, -0.1) is 0 Å². The van der Waals surface area contributed by atoms with Crippen molar-refractivity contribution in [3.05, 3.63) is 0 Å². The fraction of sp³-hybridized carbons (Fsp3) is 0.824. The van der Waals surface area contributed by atoms with E-state index in [2.05, 4.69) is 10.1 Å². The van der Waals surface area contributed by atoms with Gasteiger partial charge in [0.25, 0.3) is 0 Å². The Labute approximate surface area is 155 Å². The second-order valence-corrected chi connectivity index (χ2v) is 8.18. The monoisotopic (exact) mass is 379 g/mol. The third kappa shape index (κ3) is 22.0. The van der Waals surface area contributed by atoms with E-state index in [1.165, 1.54) is 0 Å². The summed E-state index contributed by atoms with van der Waals surface area (Å²) in [4.78, 5) is 32.8. The predicted octanol–water partition coefficient (Wildman–Crippen LogP) is 3.38. The number of carbonyl (C=O) groups is 3. The molecule has 0 radical (unpaired) electrons. The van der Waals surface area contributed by atoms with Crippen LogP contribution in [0, 0.1) is 0 Å². The number of rotatable bonds is 2. The lowest BCUT2D eigenvalue weighted by molar-refractivity contribution is -0.0294. The van der Waals surface area contributed by atoms with Crippen LogP contribution in [0.2, 0.25) is 0 Å². The standard InChI is InChI=1S/C10H18O5.C7H15NO3/c1-9(2,3)14-7(11)13-8(12)15-10(4,5)6;1-7(2,3)11-6(10)8-4-5-9/h1-6H3;9H,4-5H2,1-3H3,(H,8,10). The van der Waals surface area contributed by atoms with E-state index in [0.29, 0.717) is 0 Å². The van der Waals surface area contributed by atoms with Crippen LogP contribution in [-0.4, -0.2) is 53.5 Å². The first-order chi connectivity index (χ1) is 11.4. The highest BCUT2D eigenvalue weighted by atomic mass is 16.8. The van der Waals surface area contributed by atoms with Crippen molar-refractivity contribution in [2.75, 3.05) is 13.2 Å². The summed E-state index contributed by atoms with van der Waals surface area (Å²) in [6.45, 7) is 15.5. The molecule has 2 N–H and O–H groups in total. The van der Waals surface area contributed by atoms with Gasteiger partial charge in [0.2, 0.25) is 0 Å². The third-order valence-corrected chi connectivity index (χ3v) is 1.73. The summed E-state index contributed by atoms with van der Waals surface area (Å²) in [7, 11) is 0. The Balaban J connectivity index is 0. The van der Waals surface area contributed by atoms with Crippen LogP contribution in [0.4, 0.5) is 14.4 Å². The first-order valence-corrected chi connectivity index (χ1v) is 8.17. The molecule has 0 aliphatic heterocycles. The fourth-order valence-corrected chi connectivity index (χ4v) is 1.08. The molecule has 0 atom stereocenters. The number of amides is 1. The van der Waals surface area contributed by atoms with Gasteiger partial charge in [0.1, 0.15) is 16.8 Å². The lowest BCUT2D eigenvalue weighted by atomic mass is 10.2. The second kappa shape index (κ2) is 10.8. The SMILES string of the molecule is CC(C)(C)OC(=O)NCCO.CC(C)(C)OC(=O)OC(=O)OC(C)(C)C. The number of hydrogen-bond acceptors (Lipinski definition) is 8. The number of carbonyl (C=O) groups excluding carboxylic acids is 3. The van der Waals surface area contributed by atoms with Crippen molar-refractivity contribution in [3.63, 3.8) is 0 Å². The predicted molar refractivity (Wildman–Crippen MR) is 94.9 cm³/mol. The molecule has 0 aliphatic carbocycles. The smallest absolute Gasteiger partial charge is 0.444 e. The molecule has 0 saturated heterocycles. The first kappa shape index (κ1) is 26.2. The molecule has 0 aromatic heterocycles. The lowest BCUT2D eigenvalue weighted by Crippen LogP contribution is -2.33. The van der Waals surface area contributed by atoms with Gasteiger partial charge in [-0.3, -0.25) is 0 Å². The highest BCUT2D eigenvalue weighted by molar-refractivity contribution is 5.77. The maximum atomic E-state index is 11.0. The topological polar surface area (TPSA) is 120 Å². The lowest BCUT2D eigenvalue weighted by Gasteiger charge is -2.20. The zero-order valence-corrected chi connectivity index (χ0v) is 17.2. The number of hydrogen-bond donors (Lipinski definition) is 2.